The van der Waals surface area contributed by atoms with E-state index in [1.165, 1.54) is 64.6 Å². The number of carbonyl (C=O) groups excluding carboxylic acids is 1. The van der Waals surface area contributed by atoms with Gasteiger partial charge in [-0.3, -0.25) is 4.79 Å². The molecular formula is C25H46N2O. The highest BCUT2D eigenvalue weighted by Crippen LogP contribution is 2.35. The maximum Gasteiger partial charge on any atom is 0.225 e. The first kappa shape index (κ1) is 22.1. The summed E-state index contributed by atoms with van der Waals surface area (Å²) in [6.45, 7) is 15.4. The predicted molar refractivity (Wildman–Crippen MR) is 118 cm³/mol. The molecule has 0 aromatic rings. The fraction of sp³-hybridized carbons (Fsp3) is 0.960. The van der Waals surface area contributed by atoms with Crippen LogP contribution in [0.5, 0.6) is 0 Å². The van der Waals surface area contributed by atoms with Crippen molar-refractivity contribution < 1.29 is 4.79 Å². The molecule has 0 radical (unpaired) electrons. The highest BCUT2D eigenvalue weighted by molar-refractivity contribution is 5.79. The van der Waals surface area contributed by atoms with Gasteiger partial charge in [-0.25, -0.2) is 0 Å². The molecule has 0 aromatic carbocycles. The first-order valence-corrected chi connectivity index (χ1v) is 12.4. The van der Waals surface area contributed by atoms with E-state index in [0.29, 0.717) is 11.8 Å². The van der Waals surface area contributed by atoms with E-state index in [1.807, 2.05) is 0 Å². The van der Waals surface area contributed by atoms with Crippen molar-refractivity contribution in [1.82, 2.24) is 9.80 Å². The van der Waals surface area contributed by atoms with Gasteiger partial charge < -0.3 is 9.80 Å². The summed E-state index contributed by atoms with van der Waals surface area (Å²) in [5, 5.41) is 0. The van der Waals surface area contributed by atoms with Crippen LogP contribution in [0, 0.1) is 35.5 Å². The quantitative estimate of drug-likeness (QED) is 0.602. The predicted octanol–water partition coefficient (Wildman–Crippen LogP) is 5.45. The molecule has 1 aliphatic carbocycles. The fourth-order valence-electron chi connectivity index (χ4n) is 5.94. The van der Waals surface area contributed by atoms with E-state index in [9.17, 15) is 4.79 Å². The van der Waals surface area contributed by atoms with Crippen molar-refractivity contribution in [2.24, 2.45) is 35.5 Å². The van der Waals surface area contributed by atoms with Gasteiger partial charge in [-0.2, -0.15) is 0 Å². The molecule has 3 rings (SSSR count). The fourth-order valence-corrected chi connectivity index (χ4v) is 5.94. The van der Waals surface area contributed by atoms with E-state index >= 15 is 0 Å². The van der Waals surface area contributed by atoms with Crippen LogP contribution in [0.4, 0.5) is 0 Å². The zero-order chi connectivity index (χ0) is 20.1. The van der Waals surface area contributed by atoms with Gasteiger partial charge in [-0.1, -0.05) is 27.7 Å². The topological polar surface area (TPSA) is 23.6 Å². The summed E-state index contributed by atoms with van der Waals surface area (Å²) < 4.78 is 0. The van der Waals surface area contributed by atoms with E-state index < -0.39 is 0 Å². The third kappa shape index (κ3) is 5.97. The largest absolute Gasteiger partial charge is 0.342 e. The van der Waals surface area contributed by atoms with Gasteiger partial charge in [0, 0.05) is 19.0 Å². The van der Waals surface area contributed by atoms with Gasteiger partial charge in [0.25, 0.3) is 0 Å². The van der Waals surface area contributed by atoms with E-state index in [2.05, 4.69) is 37.5 Å². The molecule has 3 aliphatic rings. The molecular weight excluding hydrogens is 344 g/mol. The Morgan fingerprint density at radius 3 is 1.82 bits per heavy atom. The van der Waals surface area contributed by atoms with Crippen LogP contribution in [-0.2, 0) is 4.79 Å². The monoisotopic (exact) mass is 390 g/mol. The van der Waals surface area contributed by atoms with Crippen LogP contribution in [0.25, 0.3) is 0 Å². The Hall–Kier alpha value is -0.570. The number of rotatable bonds is 6. The second-order valence-electron chi connectivity index (χ2n) is 10.8. The lowest BCUT2D eigenvalue weighted by Gasteiger charge is -2.38. The third-order valence-corrected chi connectivity index (χ3v) is 8.42. The minimum absolute atomic E-state index is 0.328. The van der Waals surface area contributed by atoms with E-state index in [4.69, 9.17) is 0 Å². The molecule has 0 bridgehead atoms. The Morgan fingerprint density at radius 2 is 1.29 bits per heavy atom. The number of hydrogen-bond acceptors (Lipinski definition) is 2. The van der Waals surface area contributed by atoms with E-state index in [0.717, 1.165) is 55.5 Å². The summed E-state index contributed by atoms with van der Waals surface area (Å²) in [7, 11) is 0. The number of carbonyl (C=O) groups is 1. The molecule has 1 amide bonds. The molecule has 0 N–H and O–H groups in total. The minimum atomic E-state index is 0.328. The molecule has 2 saturated heterocycles. The molecule has 162 valence electrons. The third-order valence-electron chi connectivity index (χ3n) is 8.42. The first-order valence-electron chi connectivity index (χ1n) is 12.4. The van der Waals surface area contributed by atoms with Gasteiger partial charge in [-0.05, 0) is 107 Å². The first-order chi connectivity index (χ1) is 13.4. The molecule has 3 heteroatoms. The molecule has 0 atom stereocenters. The van der Waals surface area contributed by atoms with Crippen LogP contribution >= 0.6 is 0 Å². The number of likely N-dealkylation sites (tertiary alicyclic amines) is 2. The van der Waals surface area contributed by atoms with Crippen molar-refractivity contribution in [2.75, 3.05) is 32.7 Å². The SMILES string of the molecule is CC(C)C1CCC(C(=O)N2CCC(CCN3CCC(C(C)C)CC3)CC2)CC1. The molecule has 2 heterocycles. The molecule has 28 heavy (non-hydrogen) atoms. The number of hydrogen-bond donors (Lipinski definition) is 0. The second kappa shape index (κ2) is 10.5. The van der Waals surface area contributed by atoms with Crippen LogP contribution < -0.4 is 0 Å². The normalized spacial score (nSPS) is 29.0. The van der Waals surface area contributed by atoms with Gasteiger partial charge in [0.2, 0.25) is 5.91 Å². The van der Waals surface area contributed by atoms with Crippen LogP contribution in [-0.4, -0.2) is 48.4 Å². The number of nitrogens with zero attached hydrogens (tertiary/aromatic N) is 2. The van der Waals surface area contributed by atoms with E-state index in [1.54, 1.807) is 0 Å². The van der Waals surface area contributed by atoms with Crippen molar-refractivity contribution in [3.05, 3.63) is 0 Å². The Labute approximate surface area is 174 Å². The highest BCUT2D eigenvalue weighted by atomic mass is 16.2. The van der Waals surface area contributed by atoms with Crippen LogP contribution in [0.2, 0.25) is 0 Å². The van der Waals surface area contributed by atoms with Crippen molar-refractivity contribution >= 4 is 5.91 Å². The minimum Gasteiger partial charge on any atom is -0.342 e. The molecule has 0 spiro atoms. The van der Waals surface area contributed by atoms with Crippen LogP contribution in [0.15, 0.2) is 0 Å². The van der Waals surface area contributed by atoms with Gasteiger partial charge in [0.15, 0.2) is 0 Å². The lowest BCUT2D eigenvalue weighted by atomic mass is 9.76. The van der Waals surface area contributed by atoms with Crippen LogP contribution in [0.1, 0.15) is 85.5 Å². The van der Waals surface area contributed by atoms with Crippen molar-refractivity contribution in [1.29, 1.82) is 0 Å². The Balaban J connectivity index is 1.32. The zero-order valence-corrected chi connectivity index (χ0v) is 19.2. The summed E-state index contributed by atoms with van der Waals surface area (Å²) >= 11 is 0. The smallest absolute Gasteiger partial charge is 0.225 e. The lowest BCUT2D eigenvalue weighted by Crippen LogP contribution is -2.43. The zero-order valence-electron chi connectivity index (χ0n) is 19.2. The van der Waals surface area contributed by atoms with Gasteiger partial charge >= 0.3 is 0 Å². The Bertz CT molecular complexity index is 465. The summed E-state index contributed by atoms with van der Waals surface area (Å²) in [5.74, 6) is 5.07. The Kier molecular flexibility index (Phi) is 8.26. The van der Waals surface area contributed by atoms with Gasteiger partial charge in [-0.15, -0.1) is 0 Å². The second-order valence-corrected chi connectivity index (χ2v) is 10.8. The summed E-state index contributed by atoms with van der Waals surface area (Å²) in [6.07, 6.45) is 11.4. The standard InChI is InChI=1S/C25H46N2O/c1-19(2)22-5-7-24(8-6-22)25(28)27-17-10-21(11-18-27)9-14-26-15-12-23(13-16-26)20(3)4/h19-24H,5-18H2,1-4H3. The Morgan fingerprint density at radius 1 is 0.750 bits per heavy atom. The summed E-state index contributed by atoms with van der Waals surface area (Å²) in [4.78, 5) is 17.9. The number of piperidine rings is 2. The van der Waals surface area contributed by atoms with Crippen molar-refractivity contribution in [3.8, 4) is 0 Å². The van der Waals surface area contributed by atoms with Crippen molar-refractivity contribution in [3.63, 3.8) is 0 Å². The molecule has 0 aromatic heterocycles. The molecule has 0 unspecified atom stereocenters. The van der Waals surface area contributed by atoms with Crippen LogP contribution in [0.3, 0.4) is 0 Å². The highest BCUT2D eigenvalue weighted by Gasteiger charge is 2.32. The summed E-state index contributed by atoms with van der Waals surface area (Å²) in [5.41, 5.74) is 0. The molecule has 1 saturated carbocycles. The maximum absolute atomic E-state index is 12.9. The molecule has 2 aliphatic heterocycles. The number of amides is 1. The maximum atomic E-state index is 12.9. The lowest BCUT2D eigenvalue weighted by molar-refractivity contribution is -0.138. The van der Waals surface area contributed by atoms with E-state index in [-0.39, 0.29) is 0 Å². The average molecular weight is 391 g/mol. The van der Waals surface area contributed by atoms with Crippen molar-refractivity contribution in [2.45, 2.75) is 85.5 Å². The average Bonchev–Trinajstić information content (AvgIpc) is 2.72. The molecule has 3 fully saturated rings. The summed E-state index contributed by atoms with van der Waals surface area (Å²) in [6, 6.07) is 0. The molecule has 3 nitrogen and oxygen atoms in total. The van der Waals surface area contributed by atoms with Gasteiger partial charge in [0.05, 0.1) is 0 Å². The van der Waals surface area contributed by atoms with Gasteiger partial charge in [0.1, 0.15) is 0 Å².